The lowest BCUT2D eigenvalue weighted by Crippen LogP contribution is -2.38. The van der Waals surface area contributed by atoms with Crippen LogP contribution in [0.2, 0.25) is 0 Å². The van der Waals surface area contributed by atoms with E-state index in [0.717, 1.165) is 30.3 Å². The number of rotatable bonds is 6. The van der Waals surface area contributed by atoms with Crippen molar-refractivity contribution < 1.29 is 57.9 Å². The minimum absolute atomic E-state index is 0.137. The van der Waals surface area contributed by atoms with Crippen molar-refractivity contribution in [3.63, 3.8) is 0 Å². The fourth-order valence-corrected chi connectivity index (χ4v) is 5.67. The van der Waals surface area contributed by atoms with Crippen molar-refractivity contribution in [1.82, 2.24) is 0 Å². The average molecular weight is 658 g/mol. The largest absolute Gasteiger partial charge is 0.864 e. The molecule has 7 rings (SSSR count). The van der Waals surface area contributed by atoms with Gasteiger partial charge in [0.25, 0.3) is 0 Å². The maximum Gasteiger partial charge on any atom is 0.864 e. The van der Waals surface area contributed by atoms with Crippen molar-refractivity contribution in [1.29, 1.82) is 0 Å². The Labute approximate surface area is 257 Å². The zero-order valence-electron chi connectivity index (χ0n) is 23.1. The van der Waals surface area contributed by atoms with Crippen LogP contribution in [-0.2, 0) is 6.42 Å². The maximum atomic E-state index is 15.5. The summed E-state index contributed by atoms with van der Waals surface area (Å²) in [6.45, 7) is 0. The summed E-state index contributed by atoms with van der Waals surface area (Å²) in [5.41, 5.74) is -1.29. The fourth-order valence-electron chi connectivity index (χ4n) is 5.67. The molecule has 0 atom stereocenters. The van der Waals surface area contributed by atoms with Crippen molar-refractivity contribution >= 4 is 28.9 Å². The van der Waals surface area contributed by atoms with Crippen LogP contribution in [0.1, 0.15) is 11.1 Å². The van der Waals surface area contributed by atoms with Gasteiger partial charge >= 0.3 is 7.32 Å². The molecule has 236 valence electrons. The Balaban J connectivity index is 1.41. The van der Waals surface area contributed by atoms with Gasteiger partial charge in [-0.25, -0.2) is 39.5 Å². The Morgan fingerprint density at radius 1 is 0.489 bits per heavy atom. The molecule has 0 aliphatic heterocycles. The highest BCUT2D eigenvalue weighted by molar-refractivity contribution is 6.40. The molecule has 6 aromatic carbocycles. The number of hydrogen-bond donors (Lipinski definition) is 0. The molecule has 0 fully saturated rings. The Bertz CT molecular complexity index is 2200. The average Bonchev–Trinajstić information content (AvgIpc) is 3.41. The van der Waals surface area contributed by atoms with Gasteiger partial charge in [-0.2, -0.15) is 4.39 Å². The third kappa shape index (κ3) is 4.95. The maximum absolute atomic E-state index is 15.5. The minimum atomic E-state index is -2.40. The van der Waals surface area contributed by atoms with E-state index in [2.05, 4.69) is 0 Å². The summed E-state index contributed by atoms with van der Waals surface area (Å²) in [4.78, 5) is 0. The van der Waals surface area contributed by atoms with Gasteiger partial charge < -0.3 is 14.0 Å². The SMILES string of the molecule is Fc1cc(F)c2c(F)ccc(OB(Oc3c(F)c(F)c(F)c4c3Cc3cccc(F)c3-4)Oc3ccc(F)c4c(F)cc(F)cc34)c2c1. The van der Waals surface area contributed by atoms with Crippen molar-refractivity contribution in [2.75, 3.05) is 0 Å². The zero-order chi connectivity index (χ0) is 33.3. The van der Waals surface area contributed by atoms with Crippen LogP contribution < -0.4 is 14.0 Å². The molecule has 14 heteroatoms. The third-order valence-electron chi connectivity index (χ3n) is 7.64. The monoisotopic (exact) mass is 658 g/mol. The minimum Gasteiger partial charge on any atom is -0.489 e. The summed E-state index contributed by atoms with van der Waals surface area (Å²) in [6.07, 6.45) is -0.371. The van der Waals surface area contributed by atoms with Crippen LogP contribution in [0.25, 0.3) is 32.7 Å². The fraction of sp³-hybridized carbons (Fsp3) is 0.0303. The Morgan fingerprint density at radius 2 is 1.04 bits per heavy atom. The van der Waals surface area contributed by atoms with Crippen molar-refractivity contribution in [3.8, 4) is 28.4 Å². The van der Waals surface area contributed by atoms with Crippen LogP contribution in [0.5, 0.6) is 17.2 Å². The molecule has 0 N–H and O–H groups in total. The summed E-state index contributed by atoms with van der Waals surface area (Å²) in [5, 5.41) is -2.54. The smallest absolute Gasteiger partial charge is 0.489 e. The molecular weight excluding hydrogens is 645 g/mol. The summed E-state index contributed by atoms with van der Waals surface area (Å²) < 4.78 is 164. The summed E-state index contributed by atoms with van der Waals surface area (Å²) >= 11 is 0. The highest BCUT2D eigenvalue weighted by Gasteiger charge is 2.39. The van der Waals surface area contributed by atoms with E-state index in [9.17, 15) is 35.1 Å². The second-order valence-electron chi connectivity index (χ2n) is 10.4. The molecule has 6 aromatic rings. The van der Waals surface area contributed by atoms with Crippen LogP contribution >= 0.6 is 0 Å². The highest BCUT2D eigenvalue weighted by atomic mass is 19.2. The molecule has 0 radical (unpaired) electrons. The molecule has 3 nitrogen and oxygen atoms in total. The molecule has 0 bridgehead atoms. The van der Waals surface area contributed by atoms with E-state index >= 15 is 8.78 Å². The number of fused-ring (bicyclic) bond motifs is 5. The molecule has 0 saturated carbocycles. The molecule has 0 unspecified atom stereocenters. The van der Waals surface area contributed by atoms with Gasteiger partial charge in [0, 0.05) is 46.0 Å². The third-order valence-corrected chi connectivity index (χ3v) is 7.64. The lowest BCUT2D eigenvalue weighted by molar-refractivity contribution is 0.296. The first kappa shape index (κ1) is 30.3. The Kier molecular flexibility index (Phi) is 7.18. The van der Waals surface area contributed by atoms with Gasteiger partial charge in [-0.15, -0.1) is 0 Å². The van der Waals surface area contributed by atoms with Gasteiger partial charge in [-0.1, -0.05) is 12.1 Å². The van der Waals surface area contributed by atoms with Crippen LogP contribution in [0.4, 0.5) is 43.9 Å². The number of hydrogen-bond acceptors (Lipinski definition) is 3. The van der Waals surface area contributed by atoms with E-state index in [0.29, 0.717) is 24.3 Å². The van der Waals surface area contributed by atoms with Crippen LogP contribution in [0, 0.1) is 58.2 Å². The van der Waals surface area contributed by atoms with E-state index in [-0.39, 0.29) is 23.1 Å². The first-order chi connectivity index (χ1) is 22.4. The molecule has 0 amide bonds. The predicted molar refractivity (Wildman–Crippen MR) is 150 cm³/mol. The topological polar surface area (TPSA) is 27.7 Å². The number of benzene rings is 6. The van der Waals surface area contributed by atoms with Gasteiger partial charge in [0.15, 0.2) is 11.6 Å². The molecule has 1 aliphatic rings. The van der Waals surface area contributed by atoms with Crippen LogP contribution in [-0.4, -0.2) is 7.32 Å². The molecular formula is C33H13BF10O3. The van der Waals surface area contributed by atoms with Gasteiger partial charge in [-0.05, 0) is 48.0 Å². The first-order valence-corrected chi connectivity index (χ1v) is 13.5. The van der Waals surface area contributed by atoms with E-state index in [1.54, 1.807) is 0 Å². The lowest BCUT2D eigenvalue weighted by atomic mass is 10.0. The molecule has 0 spiro atoms. The molecule has 0 heterocycles. The molecule has 0 saturated heterocycles. The van der Waals surface area contributed by atoms with Crippen LogP contribution in [0.15, 0.2) is 66.7 Å². The first-order valence-electron chi connectivity index (χ1n) is 13.5. The van der Waals surface area contributed by atoms with Gasteiger partial charge in [0.05, 0.1) is 10.8 Å². The van der Waals surface area contributed by atoms with Crippen molar-refractivity contribution in [3.05, 3.63) is 136 Å². The standard InChI is InChI=1S/C33H13BF10O3/c35-14-9-16-24(6-4-20(38)27(16)22(40)11-14)45-34(46-25-7-5-21(39)28-17(25)10-15(36)12-23(28)41)47-33-18-8-13-2-1-3-19(37)26(13)29(18)30(42)31(43)32(33)44/h1-7,9-12H,8H2. The summed E-state index contributed by atoms with van der Waals surface area (Å²) in [7, 11) is -2.40. The highest BCUT2D eigenvalue weighted by Crippen LogP contribution is 2.47. The second-order valence-corrected chi connectivity index (χ2v) is 10.4. The Hall–Kier alpha value is -5.40. The van der Waals surface area contributed by atoms with E-state index in [1.165, 1.54) is 12.1 Å². The normalized spacial score (nSPS) is 12.0. The van der Waals surface area contributed by atoms with E-state index in [4.69, 9.17) is 14.0 Å². The second kappa shape index (κ2) is 11.1. The predicted octanol–water partition coefficient (Wildman–Crippen LogP) is 9.48. The van der Waals surface area contributed by atoms with Crippen molar-refractivity contribution in [2.45, 2.75) is 6.42 Å². The molecule has 0 aromatic heterocycles. The zero-order valence-corrected chi connectivity index (χ0v) is 23.1. The van der Waals surface area contributed by atoms with Crippen molar-refractivity contribution in [2.24, 2.45) is 0 Å². The Morgan fingerprint density at radius 3 is 1.60 bits per heavy atom. The summed E-state index contributed by atoms with van der Waals surface area (Å²) in [6, 6.07) is 9.01. The van der Waals surface area contributed by atoms with Gasteiger partial charge in [0.2, 0.25) is 5.82 Å². The van der Waals surface area contributed by atoms with Gasteiger partial charge in [-0.3, -0.25) is 0 Å². The van der Waals surface area contributed by atoms with E-state index in [1.807, 2.05) is 0 Å². The van der Waals surface area contributed by atoms with Crippen LogP contribution in [0.3, 0.4) is 0 Å². The summed E-state index contributed by atoms with van der Waals surface area (Å²) in [5.74, 6) is -16.1. The molecule has 1 aliphatic carbocycles. The number of halogens is 10. The quantitative estimate of drug-likeness (QED) is 0.101. The van der Waals surface area contributed by atoms with Gasteiger partial charge in [0.1, 0.15) is 58.0 Å². The molecule has 47 heavy (non-hydrogen) atoms. The van der Waals surface area contributed by atoms with E-state index < -0.39 is 110 Å². The lowest BCUT2D eigenvalue weighted by Gasteiger charge is -2.21.